The van der Waals surface area contributed by atoms with Gasteiger partial charge in [0.25, 0.3) is 5.56 Å². The number of fused-ring (bicyclic) bond motifs is 1. The molecule has 138 valence electrons. The molecule has 0 radical (unpaired) electrons. The summed E-state index contributed by atoms with van der Waals surface area (Å²) in [6.07, 6.45) is 2.65. The van der Waals surface area contributed by atoms with Crippen LogP contribution in [0.4, 0.5) is 0 Å². The molecule has 2 heterocycles. The van der Waals surface area contributed by atoms with E-state index in [9.17, 15) is 14.7 Å². The Hall–Kier alpha value is -3.26. The number of ether oxygens (including phenoxy) is 1. The lowest BCUT2D eigenvalue weighted by Crippen LogP contribution is -2.26. The quantitative estimate of drug-likeness (QED) is 0.429. The van der Waals surface area contributed by atoms with Crippen molar-refractivity contribution in [1.29, 1.82) is 5.41 Å². The SMILES string of the molecule is C=CCn1c(O)c(C=C2C(=N)Oc3cc(C)c(C)cc3C2=O)c(=O)[nH]c1=S. The van der Waals surface area contributed by atoms with Crippen molar-refractivity contribution in [1.82, 2.24) is 9.55 Å². The van der Waals surface area contributed by atoms with Crippen LogP contribution < -0.4 is 10.3 Å². The van der Waals surface area contributed by atoms with E-state index in [0.717, 1.165) is 17.2 Å². The normalized spacial score (nSPS) is 14.8. The molecule has 3 N–H and O–H groups in total. The van der Waals surface area contributed by atoms with Crippen molar-refractivity contribution < 1.29 is 14.6 Å². The topological polar surface area (TPSA) is 108 Å². The Labute approximate surface area is 159 Å². The molecule has 0 spiro atoms. The fourth-order valence-corrected chi connectivity index (χ4v) is 3.00. The molecule has 3 rings (SSSR count). The van der Waals surface area contributed by atoms with Gasteiger partial charge in [0.2, 0.25) is 17.6 Å². The number of aromatic nitrogens is 2. The number of ketones is 1. The number of hydrogen-bond donors (Lipinski definition) is 3. The molecule has 0 atom stereocenters. The van der Waals surface area contributed by atoms with Crippen molar-refractivity contribution in [3.63, 3.8) is 0 Å². The number of aromatic amines is 1. The van der Waals surface area contributed by atoms with E-state index in [1.54, 1.807) is 12.1 Å². The highest BCUT2D eigenvalue weighted by atomic mass is 32.1. The smallest absolute Gasteiger partial charge is 0.262 e. The second-order valence-electron chi connectivity index (χ2n) is 6.15. The molecule has 0 bridgehead atoms. The summed E-state index contributed by atoms with van der Waals surface area (Å²) in [4.78, 5) is 27.6. The Balaban J connectivity index is 2.20. The van der Waals surface area contributed by atoms with Gasteiger partial charge in [-0.25, -0.2) is 0 Å². The molecule has 8 heteroatoms. The highest BCUT2D eigenvalue weighted by Gasteiger charge is 2.29. The minimum absolute atomic E-state index is 0.0253. The summed E-state index contributed by atoms with van der Waals surface area (Å²) in [5, 5.41) is 18.5. The van der Waals surface area contributed by atoms with Crippen molar-refractivity contribution in [2.24, 2.45) is 0 Å². The maximum atomic E-state index is 12.9. The Kier molecular flexibility index (Phi) is 4.67. The molecule has 0 saturated heterocycles. The van der Waals surface area contributed by atoms with Gasteiger partial charge < -0.3 is 9.84 Å². The lowest BCUT2D eigenvalue weighted by Gasteiger charge is -2.20. The van der Waals surface area contributed by atoms with Crippen molar-refractivity contribution in [2.45, 2.75) is 20.4 Å². The third kappa shape index (κ3) is 3.15. The minimum Gasteiger partial charge on any atom is -0.494 e. The molecule has 1 aromatic heterocycles. The number of nitrogens with zero attached hydrogens (tertiary/aromatic N) is 1. The van der Waals surface area contributed by atoms with E-state index >= 15 is 0 Å². The van der Waals surface area contributed by atoms with E-state index in [2.05, 4.69) is 11.6 Å². The minimum atomic E-state index is -0.670. The fourth-order valence-electron chi connectivity index (χ4n) is 2.74. The molecule has 7 nitrogen and oxygen atoms in total. The highest BCUT2D eigenvalue weighted by Crippen LogP contribution is 2.32. The zero-order valence-corrected chi connectivity index (χ0v) is 15.6. The van der Waals surface area contributed by atoms with Gasteiger partial charge in [0, 0.05) is 6.54 Å². The lowest BCUT2D eigenvalue weighted by molar-refractivity contribution is 0.103. The second-order valence-corrected chi connectivity index (χ2v) is 6.53. The fraction of sp³-hybridized carbons (Fsp3) is 0.158. The van der Waals surface area contributed by atoms with Gasteiger partial charge in [0.1, 0.15) is 11.3 Å². The monoisotopic (exact) mass is 383 g/mol. The summed E-state index contributed by atoms with van der Waals surface area (Å²) < 4.78 is 6.75. The lowest BCUT2D eigenvalue weighted by atomic mass is 9.94. The molecular weight excluding hydrogens is 366 g/mol. The molecule has 1 aliphatic heterocycles. The van der Waals surface area contributed by atoms with Crippen LogP contribution in [0.5, 0.6) is 11.6 Å². The van der Waals surface area contributed by atoms with Gasteiger partial charge in [0.05, 0.1) is 11.1 Å². The van der Waals surface area contributed by atoms with E-state index in [0.29, 0.717) is 11.3 Å². The van der Waals surface area contributed by atoms with Crippen LogP contribution in [0.1, 0.15) is 27.0 Å². The van der Waals surface area contributed by atoms with Crippen molar-refractivity contribution >= 4 is 30.0 Å². The number of carbonyl (C=O) groups is 1. The molecule has 0 saturated carbocycles. The summed E-state index contributed by atoms with van der Waals surface area (Å²) in [5.74, 6) is -0.971. The maximum absolute atomic E-state index is 12.9. The summed E-state index contributed by atoms with van der Waals surface area (Å²) in [6, 6.07) is 3.38. The largest absolute Gasteiger partial charge is 0.494 e. The van der Waals surface area contributed by atoms with Gasteiger partial charge in [0.15, 0.2) is 4.77 Å². The molecule has 0 amide bonds. The van der Waals surface area contributed by atoms with Crippen LogP contribution in [0.25, 0.3) is 6.08 Å². The average molecular weight is 383 g/mol. The van der Waals surface area contributed by atoms with E-state index in [1.165, 1.54) is 10.6 Å². The molecule has 0 aliphatic carbocycles. The van der Waals surface area contributed by atoms with E-state index < -0.39 is 23.1 Å². The average Bonchev–Trinajstić information content (AvgIpc) is 2.60. The van der Waals surface area contributed by atoms with Crippen LogP contribution in [-0.2, 0) is 6.54 Å². The third-order valence-electron chi connectivity index (χ3n) is 4.35. The number of aryl methyl sites for hydroxylation is 2. The molecule has 1 aliphatic rings. The first-order valence-electron chi connectivity index (χ1n) is 8.06. The van der Waals surface area contributed by atoms with Crippen molar-refractivity contribution in [2.75, 3.05) is 0 Å². The summed E-state index contributed by atoms with van der Waals surface area (Å²) in [6.45, 7) is 7.49. The summed E-state index contributed by atoms with van der Waals surface area (Å²) in [5.41, 5.74) is 1.15. The first kappa shape index (κ1) is 18.5. The summed E-state index contributed by atoms with van der Waals surface area (Å²) in [7, 11) is 0. The Bertz CT molecular complexity index is 1150. The number of allylic oxidation sites excluding steroid dienone is 1. The summed E-state index contributed by atoms with van der Waals surface area (Å²) >= 11 is 5.03. The second kappa shape index (κ2) is 6.81. The first-order chi connectivity index (χ1) is 12.7. The maximum Gasteiger partial charge on any atom is 0.262 e. The Morgan fingerprint density at radius 1 is 1.33 bits per heavy atom. The number of aromatic hydroxyl groups is 1. The number of nitrogens with one attached hydrogen (secondary N) is 2. The van der Waals surface area contributed by atoms with Crippen LogP contribution in [0.3, 0.4) is 0 Å². The molecule has 0 unspecified atom stereocenters. The molecule has 0 fully saturated rings. The van der Waals surface area contributed by atoms with Gasteiger partial charge in [-0.3, -0.25) is 24.5 Å². The number of rotatable bonds is 3. The van der Waals surface area contributed by atoms with Gasteiger partial charge in [-0.05, 0) is 55.4 Å². The number of hydrogen-bond acceptors (Lipinski definition) is 6. The van der Waals surface area contributed by atoms with E-state index in [1.807, 2.05) is 13.8 Å². The molecule has 2 aromatic rings. The van der Waals surface area contributed by atoms with E-state index in [4.69, 9.17) is 22.4 Å². The molecule has 27 heavy (non-hydrogen) atoms. The predicted octanol–water partition coefficient (Wildman–Crippen LogP) is 3.05. The standard InChI is InChI=1S/C19H17N3O4S/c1-4-5-22-18(25)13(17(24)21-19(22)27)8-12-15(23)11-6-9(2)10(3)7-14(11)26-16(12)20/h4,6-8,20,25H,1,5H2,2-3H3,(H,21,24,27). The Morgan fingerprint density at radius 3 is 2.67 bits per heavy atom. The van der Waals surface area contributed by atoms with Crippen LogP contribution in [0.15, 0.2) is 35.2 Å². The van der Waals surface area contributed by atoms with Gasteiger partial charge in [-0.1, -0.05) is 6.08 Å². The van der Waals surface area contributed by atoms with Crippen LogP contribution >= 0.6 is 12.2 Å². The van der Waals surface area contributed by atoms with Crippen molar-refractivity contribution in [3.8, 4) is 11.6 Å². The Morgan fingerprint density at radius 2 is 2.00 bits per heavy atom. The van der Waals surface area contributed by atoms with Gasteiger partial charge in [-0.2, -0.15) is 0 Å². The van der Waals surface area contributed by atoms with Crippen LogP contribution in [0.2, 0.25) is 0 Å². The van der Waals surface area contributed by atoms with Crippen LogP contribution in [-0.4, -0.2) is 26.3 Å². The molecule has 1 aromatic carbocycles. The zero-order chi connectivity index (χ0) is 19.9. The molecular formula is C19H17N3O4S. The number of benzene rings is 1. The van der Waals surface area contributed by atoms with Gasteiger partial charge in [-0.15, -0.1) is 6.58 Å². The number of H-pyrrole nitrogens is 1. The number of Topliss-reactive ketones (excluding diaryl/α,β-unsaturated/α-hetero) is 1. The van der Waals surface area contributed by atoms with E-state index in [-0.39, 0.29) is 22.5 Å². The van der Waals surface area contributed by atoms with Crippen molar-refractivity contribution in [3.05, 3.63) is 67.7 Å². The number of carbonyl (C=O) groups excluding carboxylic acids is 1. The third-order valence-corrected chi connectivity index (χ3v) is 4.67. The predicted molar refractivity (Wildman–Crippen MR) is 104 cm³/mol. The zero-order valence-electron chi connectivity index (χ0n) is 14.8. The van der Waals surface area contributed by atoms with Gasteiger partial charge >= 0.3 is 0 Å². The van der Waals surface area contributed by atoms with Crippen LogP contribution in [0, 0.1) is 24.0 Å². The first-order valence-corrected chi connectivity index (χ1v) is 8.46. The highest BCUT2D eigenvalue weighted by molar-refractivity contribution is 7.71.